The van der Waals surface area contributed by atoms with E-state index in [1.165, 1.54) is 10.4 Å². The summed E-state index contributed by atoms with van der Waals surface area (Å²) in [5.74, 6) is -0.140. The summed E-state index contributed by atoms with van der Waals surface area (Å²) in [6.07, 6.45) is 1.31. The Morgan fingerprint density at radius 3 is 2.86 bits per heavy atom. The first-order valence-electron chi connectivity index (χ1n) is 9.25. The maximum absolute atomic E-state index is 12.7. The molecule has 8 nitrogen and oxygen atoms in total. The number of nitrogens with one attached hydrogen (secondary N) is 2. The van der Waals surface area contributed by atoms with E-state index in [4.69, 9.17) is 0 Å². The molecule has 1 saturated heterocycles. The molecule has 0 saturated carbocycles. The second kappa shape index (κ2) is 8.24. The Morgan fingerprint density at radius 1 is 1.36 bits per heavy atom. The molecule has 0 radical (unpaired) electrons. The van der Waals surface area contributed by atoms with Crippen molar-refractivity contribution in [2.75, 3.05) is 24.2 Å². The number of anilines is 1. The predicted octanol–water partition coefficient (Wildman–Crippen LogP) is 1.75. The Balaban J connectivity index is 1.75. The summed E-state index contributed by atoms with van der Waals surface area (Å²) in [5, 5.41) is 2.86. The number of aryl methyl sites for hydroxylation is 1. The molecule has 0 unspecified atom stereocenters. The molecule has 3 rings (SSSR count). The van der Waals surface area contributed by atoms with E-state index >= 15 is 0 Å². The monoisotopic (exact) mass is 404 g/mol. The molecule has 150 valence electrons. The van der Waals surface area contributed by atoms with Crippen molar-refractivity contribution >= 4 is 21.6 Å². The lowest BCUT2D eigenvalue weighted by Gasteiger charge is -2.30. The summed E-state index contributed by atoms with van der Waals surface area (Å²) < 4.78 is 25.6. The van der Waals surface area contributed by atoms with Gasteiger partial charge in [0.2, 0.25) is 15.9 Å². The highest BCUT2D eigenvalue weighted by molar-refractivity contribution is 7.89. The molecule has 0 aliphatic carbocycles. The van der Waals surface area contributed by atoms with Gasteiger partial charge in [0, 0.05) is 36.1 Å². The van der Waals surface area contributed by atoms with E-state index in [1.54, 1.807) is 38.1 Å². The third-order valence-electron chi connectivity index (χ3n) is 4.79. The van der Waals surface area contributed by atoms with Crippen LogP contribution in [0.1, 0.15) is 25.5 Å². The number of amides is 1. The van der Waals surface area contributed by atoms with Crippen LogP contribution >= 0.6 is 0 Å². The fourth-order valence-electron chi connectivity index (χ4n) is 3.30. The molecular formula is C19H24N4O4S. The molecule has 9 heteroatoms. The van der Waals surface area contributed by atoms with Crippen LogP contribution in [0.3, 0.4) is 0 Å². The van der Waals surface area contributed by atoms with Gasteiger partial charge in [0.25, 0.3) is 5.56 Å². The van der Waals surface area contributed by atoms with Crippen molar-refractivity contribution in [3.05, 3.63) is 46.4 Å². The van der Waals surface area contributed by atoms with Gasteiger partial charge in [-0.15, -0.1) is 0 Å². The van der Waals surface area contributed by atoms with Crippen LogP contribution in [0.2, 0.25) is 0 Å². The molecule has 1 aromatic carbocycles. The van der Waals surface area contributed by atoms with E-state index in [1.807, 2.05) is 0 Å². The van der Waals surface area contributed by atoms with E-state index in [-0.39, 0.29) is 23.8 Å². The minimum atomic E-state index is -3.30. The van der Waals surface area contributed by atoms with Crippen molar-refractivity contribution in [3.63, 3.8) is 0 Å². The zero-order valence-electron chi connectivity index (χ0n) is 15.9. The minimum Gasteiger partial charge on any atom is -0.326 e. The summed E-state index contributed by atoms with van der Waals surface area (Å²) >= 11 is 0. The number of aromatic nitrogens is 2. The predicted molar refractivity (Wildman–Crippen MR) is 107 cm³/mol. The lowest BCUT2D eigenvalue weighted by molar-refractivity contribution is -0.120. The van der Waals surface area contributed by atoms with Crippen molar-refractivity contribution in [2.24, 2.45) is 5.92 Å². The summed E-state index contributed by atoms with van der Waals surface area (Å²) in [6.45, 7) is 4.01. The molecule has 1 atom stereocenters. The van der Waals surface area contributed by atoms with Crippen LogP contribution in [0.5, 0.6) is 0 Å². The second-order valence-electron chi connectivity index (χ2n) is 6.90. The maximum Gasteiger partial charge on any atom is 0.251 e. The molecule has 1 amide bonds. The van der Waals surface area contributed by atoms with Gasteiger partial charge in [0.15, 0.2) is 0 Å². The van der Waals surface area contributed by atoms with Crippen LogP contribution in [0.4, 0.5) is 5.69 Å². The first-order valence-corrected chi connectivity index (χ1v) is 10.9. The first-order chi connectivity index (χ1) is 13.3. The van der Waals surface area contributed by atoms with E-state index in [2.05, 4.69) is 15.3 Å². The molecule has 2 aromatic rings. The van der Waals surface area contributed by atoms with Gasteiger partial charge in [0.1, 0.15) is 5.82 Å². The lowest BCUT2D eigenvalue weighted by atomic mass is 9.98. The topological polar surface area (TPSA) is 112 Å². The Labute approximate surface area is 164 Å². The normalized spacial score (nSPS) is 18.0. The number of sulfonamides is 1. The van der Waals surface area contributed by atoms with Crippen LogP contribution in [-0.2, 0) is 14.8 Å². The van der Waals surface area contributed by atoms with Crippen LogP contribution in [0.15, 0.2) is 35.1 Å². The number of piperidine rings is 1. The number of H-pyrrole nitrogens is 1. The first kappa shape index (κ1) is 20.2. The van der Waals surface area contributed by atoms with Crippen molar-refractivity contribution in [2.45, 2.75) is 26.7 Å². The Hall–Kier alpha value is -2.52. The zero-order chi connectivity index (χ0) is 20.3. The lowest BCUT2D eigenvalue weighted by Crippen LogP contribution is -2.44. The molecule has 2 heterocycles. The number of rotatable bonds is 5. The Kier molecular flexibility index (Phi) is 5.95. The fourth-order valence-corrected chi connectivity index (χ4v) is 4.48. The number of hydrogen-bond acceptors (Lipinski definition) is 5. The van der Waals surface area contributed by atoms with Crippen LogP contribution in [-0.4, -0.2) is 47.4 Å². The van der Waals surface area contributed by atoms with Gasteiger partial charge < -0.3 is 10.3 Å². The van der Waals surface area contributed by atoms with Crippen molar-refractivity contribution in [3.8, 4) is 11.4 Å². The summed E-state index contributed by atoms with van der Waals surface area (Å²) in [5.41, 5.74) is 1.61. The van der Waals surface area contributed by atoms with Gasteiger partial charge in [0.05, 0.1) is 11.7 Å². The molecule has 0 spiro atoms. The highest BCUT2D eigenvalue weighted by atomic mass is 32.2. The van der Waals surface area contributed by atoms with E-state index in [0.717, 1.165) is 0 Å². The SMILES string of the molecule is CCS(=O)(=O)N1CCC[C@@H](C(=O)Nc2cccc(-c3nc(C)cc(=O)[nH]3)c2)C1. The number of carbonyl (C=O) groups is 1. The van der Waals surface area contributed by atoms with Gasteiger partial charge >= 0.3 is 0 Å². The maximum atomic E-state index is 12.7. The second-order valence-corrected chi connectivity index (χ2v) is 9.16. The molecule has 1 fully saturated rings. The van der Waals surface area contributed by atoms with Gasteiger partial charge in [-0.25, -0.2) is 17.7 Å². The Morgan fingerprint density at radius 2 is 2.14 bits per heavy atom. The smallest absolute Gasteiger partial charge is 0.251 e. The van der Waals surface area contributed by atoms with E-state index < -0.39 is 15.9 Å². The Bertz CT molecular complexity index is 1030. The quantitative estimate of drug-likeness (QED) is 0.788. The van der Waals surface area contributed by atoms with Gasteiger partial charge in [-0.3, -0.25) is 9.59 Å². The fraction of sp³-hybridized carbons (Fsp3) is 0.421. The average Bonchev–Trinajstić information content (AvgIpc) is 2.67. The number of hydrogen-bond donors (Lipinski definition) is 2. The highest BCUT2D eigenvalue weighted by Gasteiger charge is 2.31. The molecule has 1 aliphatic rings. The van der Waals surface area contributed by atoms with Crippen LogP contribution in [0, 0.1) is 12.8 Å². The third kappa shape index (κ3) is 4.66. The summed E-state index contributed by atoms with van der Waals surface area (Å²) in [4.78, 5) is 31.4. The van der Waals surface area contributed by atoms with Gasteiger partial charge in [-0.1, -0.05) is 12.1 Å². The zero-order valence-corrected chi connectivity index (χ0v) is 16.8. The van der Waals surface area contributed by atoms with Crippen LogP contribution < -0.4 is 10.9 Å². The standard InChI is InChI=1S/C19H24N4O4S/c1-3-28(26,27)23-9-5-7-15(12-23)19(25)21-16-8-4-6-14(11-16)18-20-13(2)10-17(24)22-18/h4,6,8,10-11,15H,3,5,7,9,12H2,1-2H3,(H,21,25)(H,20,22,24)/t15-/m1/s1. The van der Waals surface area contributed by atoms with Crippen molar-refractivity contribution in [1.82, 2.24) is 14.3 Å². The molecule has 0 bridgehead atoms. The summed E-state index contributed by atoms with van der Waals surface area (Å²) in [7, 11) is -3.30. The summed E-state index contributed by atoms with van der Waals surface area (Å²) in [6, 6.07) is 8.46. The molecule has 28 heavy (non-hydrogen) atoms. The molecular weight excluding hydrogens is 380 g/mol. The molecule has 2 N–H and O–H groups in total. The molecule has 1 aliphatic heterocycles. The molecule has 1 aromatic heterocycles. The minimum absolute atomic E-state index is 0.0328. The highest BCUT2D eigenvalue weighted by Crippen LogP contribution is 2.23. The largest absolute Gasteiger partial charge is 0.326 e. The van der Waals surface area contributed by atoms with Crippen molar-refractivity contribution < 1.29 is 13.2 Å². The van der Waals surface area contributed by atoms with Gasteiger partial charge in [-0.2, -0.15) is 0 Å². The number of benzene rings is 1. The van der Waals surface area contributed by atoms with E-state index in [9.17, 15) is 18.0 Å². The third-order valence-corrected chi connectivity index (χ3v) is 6.63. The van der Waals surface area contributed by atoms with Crippen LogP contribution in [0.25, 0.3) is 11.4 Å². The average molecular weight is 404 g/mol. The van der Waals surface area contributed by atoms with Gasteiger partial charge in [-0.05, 0) is 38.8 Å². The van der Waals surface area contributed by atoms with E-state index in [0.29, 0.717) is 42.2 Å². The number of aromatic amines is 1. The van der Waals surface area contributed by atoms with Crippen molar-refractivity contribution in [1.29, 1.82) is 0 Å². The number of carbonyl (C=O) groups excluding carboxylic acids is 1. The number of nitrogens with zero attached hydrogens (tertiary/aromatic N) is 2.